The maximum absolute atomic E-state index is 12.0. The fourth-order valence-corrected chi connectivity index (χ4v) is 6.05. The van der Waals surface area contributed by atoms with E-state index in [9.17, 15) is 4.79 Å². The molecule has 0 heterocycles. The Balaban J connectivity index is 1.52. The van der Waals surface area contributed by atoms with E-state index in [0.29, 0.717) is 17.5 Å². The normalized spacial score (nSPS) is 63.5. The second-order valence-electron chi connectivity index (χ2n) is 6.52. The fraction of sp³-hybridized carbons (Fsp3) is 0.846. The summed E-state index contributed by atoms with van der Waals surface area (Å²) in [5, 5.41) is 0. The predicted molar refractivity (Wildman–Crippen MR) is 55.4 cm³/mol. The van der Waals surface area contributed by atoms with E-state index < -0.39 is 0 Å². The number of hydrogen-bond acceptors (Lipinski definition) is 1. The molecule has 0 saturated heterocycles. The van der Waals surface area contributed by atoms with E-state index >= 15 is 0 Å². The number of fused-ring (bicyclic) bond motifs is 10. The van der Waals surface area contributed by atoms with E-state index in [4.69, 9.17) is 5.53 Å². The molecule has 0 radical (unpaired) electrons. The van der Waals surface area contributed by atoms with Gasteiger partial charge in [-0.3, -0.25) is 4.79 Å². The lowest BCUT2D eigenvalue weighted by atomic mass is 9.24. The van der Waals surface area contributed by atoms with Gasteiger partial charge in [0, 0.05) is 5.92 Å². The Bertz CT molecular complexity index is 478. The number of carbonyl (C=O) groups excluding carboxylic acids is 1. The predicted octanol–water partition coefficient (Wildman–Crippen LogP) is 1.39. The molecule has 0 N–H and O–H groups in total. The van der Waals surface area contributed by atoms with E-state index in [0.717, 1.165) is 36.0 Å². The summed E-state index contributed by atoms with van der Waals surface area (Å²) in [6, 6.07) is 0. The zero-order chi connectivity index (χ0) is 10.6. The first-order valence-corrected chi connectivity index (χ1v) is 6.58. The molecule has 5 saturated carbocycles. The van der Waals surface area contributed by atoms with Crippen LogP contribution in [0.5, 0.6) is 0 Å². The monoisotopic (exact) mass is 214 g/mol. The Morgan fingerprint density at radius 1 is 1.00 bits per heavy atom. The van der Waals surface area contributed by atoms with Crippen molar-refractivity contribution in [3.8, 4) is 0 Å². The summed E-state index contributed by atoms with van der Waals surface area (Å²) in [6.45, 7) is 0. The molecule has 0 amide bonds. The zero-order valence-corrected chi connectivity index (χ0v) is 9.04. The van der Waals surface area contributed by atoms with Crippen LogP contribution in [0.15, 0.2) is 0 Å². The van der Waals surface area contributed by atoms with Crippen LogP contribution >= 0.6 is 0 Å². The number of nitrogens with zero attached hydrogens (tertiary/aromatic N) is 2. The Morgan fingerprint density at radius 2 is 1.62 bits per heavy atom. The second-order valence-corrected chi connectivity index (χ2v) is 6.52. The van der Waals surface area contributed by atoms with E-state index in [1.807, 2.05) is 0 Å². The Morgan fingerprint density at radius 3 is 2.25 bits per heavy atom. The summed E-state index contributed by atoms with van der Waals surface area (Å²) < 4.78 is 0. The Hall–Kier alpha value is -0.950. The van der Waals surface area contributed by atoms with Gasteiger partial charge in [0.15, 0.2) is 0 Å². The van der Waals surface area contributed by atoms with Crippen molar-refractivity contribution in [1.29, 1.82) is 0 Å². The third-order valence-electron chi connectivity index (χ3n) is 6.66. The molecule has 0 unspecified atom stereocenters. The van der Waals surface area contributed by atoms with Gasteiger partial charge in [-0.05, 0) is 54.3 Å². The van der Waals surface area contributed by atoms with Crippen LogP contribution in [-0.2, 0) is 4.79 Å². The van der Waals surface area contributed by atoms with E-state index in [1.54, 1.807) is 0 Å². The highest BCUT2D eigenvalue weighted by Crippen LogP contribution is 2.81. The van der Waals surface area contributed by atoms with Crippen LogP contribution in [0, 0.1) is 47.3 Å². The van der Waals surface area contributed by atoms with Crippen molar-refractivity contribution in [2.24, 2.45) is 47.3 Å². The van der Waals surface area contributed by atoms with Crippen molar-refractivity contribution in [3.05, 3.63) is 5.53 Å². The molecule has 0 bridgehead atoms. The smallest absolute Gasteiger partial charge is 0.335 e. The fourth-order valence-electron chi connectivity index (χ4n) is 6.05. The van der Waals surface area contributed by atoms with Gasteiger partial charge in [-0.2, -0.15) is 4.79 Å². The van der Waals surface area contributed by atoms with Gasteiger partial charge >= 0.3 is 5.71 Å². The number of carbonyl (C=O) groups is 1. The molecular formula is C13H14N2O. The summed E-state index contributed by atoms with van der Waals surface area (Å²) in [4.78, 5) is 15.2. The molecule has 0 aliphatic heterocycles. The molecule has 8 atom stereocenters. The summed E-state index contributed by atoms with van der Waals surface area (Å²) in [6.07, 6.45) is 3.63. The van der Waals surface area contributed by atoms with Crippen LogP contribution in [0.25, 0.3) is 5.53 Å². The first-order chi connectivity index (χ1) is 7.83. The molecule has 3 nitrogen and oxygen atoms in total. The van der Waals surface area contributed by atoms with Gasteiger partial charge in [0.25, 0.3) is 0 Å². The van der Waals surface area contributed by atoms with Gasteiger partial charge in [0.1, 0.15) is 0 Å². The third-order valence-corrected chi connectivity index (χ3v) is 6.66. The average Bonchev–Trinajstić information content (AvgIpc) is 2.49. The summed E-state index contributed by atoms with van der Waals surface area (Å²) in [5.74, 6) is 6.40. The van der Waals surface area contributed by atoms with Crippen LogP contribution in [-0.4, -0.2) is 16.3 Å². The lowest BCUT2D eigenvalue weighted by Gasteiger charge is -2.79. The molecule has 82 valence electrons. The molecule has 0 spiro atoms. The minimum absolute atomic E-state index is 0.176. The topological polar surface area (TPSA) is 53.5 Å². The summed E-state index contributed by atoms with van der Waals surface area (Å²) in [5.41, 5.74) is 9.29. The summed E-state index contributed by atoms with van der Waals surface area (Å²) in [7, 11) is 0. The average molecular weight is 214 g/mol. The number of hydrogen-bond donors (Lipinski definition) is 0. The van der Waals surface area contributed by atoms with Gasteiger partial charge in [0.2, 0.25) is 5.78 Å². The van der Waals surface area contributed by atoms with Crippen LogP contribution in [0.3, 0.4) is 0 Å². The molecule has 16 heavy (non-hydrogen) atoms. The van der Waals surface area contributed by atoms with Gasteiger partial charge in [0.05, 0.1) is 6.42 Å². The number of ketones is 1. The highest BCUT2D eigenvalue weighted by atomic mass is 16.1. The highest BCUT2D eigenvalue weighted by Gasteiger charge is 2.80. The van der Waals surface area contributed by atoms with Crippen LogP contribution in [0.1, 0.15) is 19.3 Å². The van der Waals surface area contributed by atoms with E-state index in [1.165, 1.54) is 12.8 Å². The SMILES string of the molecule is [N-]=[N+]=C1C[C@H]2[C@@H](C1=O)[C@@H]1[C@H]3[C@@H]4CC[C@@H]4[C@H]3[C@H]21. The molecule has 0 aromatic carbocycles. The van der Waals surface area contributed by atoms with Gasteiger partial charge in [-0.25, -0.2) is 0 Å². The quantitative estimate of drug-likeness (QED) is 0.341. The van der Waals surface area contributed by atoms with E-state index in [2.05, 4.69) is 4.79 Å². The number of rotatable bonds is 0. The molecular weight excluding hydrogens is 200 g/mol. The lowest BCUT2D eigenvalue weighted by Crippen LogP contribution is -2.77. The number of Topliss-reactive ketones (excluding diaryl/α,β-unsaturated/α-hetero) is 1. The zero-order valence-electron chi connectivity index (χ0n) is 9.04. The molecule has 3 heteroatoms. The maximum Gasteiger partial charge on any atom is 0.335 e. The molecule has 5 aliphatic carbocycles. The van der Waals surface area contributed by atoms with Crippen molar-refractivity contribution < 1.29 is 9.58 Å². The molecule has 0 aromatic rings. The highest BCUT2D eigenvalue weighted by molar-refractivity contribution is 6.40. The van der Waals surface area contributed by atoms with Gasteiger partial charge in [-0.15, -0.1) is 0 Å². The largest absolute Gasteiger partial charge is 0.361 e. The van der Waals surface area contributed by atoms with E-state index in [-0.39, 0.29) is 11.7 Å². The molecule has 5 fully saturated rings. The Kier molecular flexibility index (Phi) is 1.12. The maximum atomic E-state index is 12.0. The second kappa shape index (κ2) is 2.19. The molecule has 0 aromatic heterocycles. The van der Waals surface area contributed by atoms with Crippen molar-refractivity contribution in [1.82, 2.24) is 0 Å². The van der Waals surface area contributed by atoms with Crippen LogP contribution in [0.2, 0.25) is 0 Å². The standard InChI is InChI=1S/C13H14N2O/c14-15-7-3-6-10-8-4-1-2-5(4)9(8)12(10)11(6)13(7)16/h4-6,8-12H,1-3H2/t4-,5+,6+,8+,9-,10-,11+,12+/m0/s1. The van der Waals surface area contributed by atoms with Crippen LogP contribution in [0.4, 0.5) is 0 Å². The van der Waals surface area contributed by atoms with Crippen molar-refractivity contribution in [2.45, 2.75) is 19.3 Å². The third kappa shape index (κ3) is 0.562. The van der Waals surface area contributed by atoms with Crippen LogP contribution < -0.4 is 0 Å². The Labute approximate surface area is 93.8 Å². The summed E-state index contributed by atoms with van der Waals surface area (Å²) >= 11 is 0. The first-order valence-electron chi connectivity index (χ1n) is 6.58. The van der Waals surface area contributed by atoms with Gasteiger partial charge in [-0.1, -0.05) is 0 Å². The molecule has 5 rings (SSSR count). The van der Waals surface area contributed by atoms with Crippen molar-refractivity contribution >= 4 is 11.5 Å². The van der Waals surface area contributed by atoms with Crippen molar-refractivity contribution in [2.75, 3.05) is 0 Å². The van der Waals surface area contributed by atoms with Crippen molar-refractivity contribution in [3.63, 3.8) is 0 Å². The minimum atomic E-state index is 0.176. The minimum Gasteiger partial charge on any atom is -0.361 e. The lowest BCUT2D eigenvalue weighted by molar-refractivity contribution is -0.325. The first kappa shape index (κ1) is 8.19. The van der Waals surface area contributed by atoms with Gasteiger partial charge < -0.3 is 5.53 Å². The molecule has 5 aliphatic rings.